The number of carboxylic acid groups (broad SMARTS) is 1. The number of amides is 1. The molecule has 4 N–H and O–H groups in total. The molecular formula is C15H22N2O3. The van der Waals surface area contributed by atoms with Gasteiger partial charge in [0.2, 0.25) is 5.91 Å². The van der Waals surface area contributed by atoms with Crippen LogP contribution in [0.15, 0.2) is 24.3 Å². The Kier molecular flexibility index (Phi) is 5.70. The molecule has 0 fully saturated rings. The van der Waals surface area contributed by atoms with Crippen LogP contribution in [-0.4, -0.2) is 23.0 Å². The molecule has 5 heteroatoms. The van der Waals surface area contributed by atoms with Crippen LogP contribution in [0.2, 0.25) is 0 Å². The zero-order valence-electron chi connectivity index (χ0n) is 12.1. The van der Waals surface area contributed by atoms with Gasteiger partial charge in [-0.2, -0.15) is 0 Å². The van der Waals surface area contributed by atoms with Crippen molar-refractivity contribution in [3.8, 4) is 0 Å². The van der Waals surface area contributed by atoms with Gasteiger partial charge in [0.25, 0.3) is 0 Å². The van der Waals surface area contributed by atoms with Gasteiger partial charge in [-0.3, -0.25) is 9.59 Å². The smallest absolute Gasteiger partial charge is 0.303 e. The Bertz CT molecular complexity index is 469. The van der Waals surface area contributed by atoms with Gasteiger partial charge in [-0.25, -0.2) is 0 Å². The van der Waals surface area contributed by atoms with E-state index in [-0.39, 0.29) is 24.2 Å². The van der Waals surface area contributed by atoms with Crippen LogP contribution in [0.3, 0.4) is 0 Å². The molecule has 5 nitrogen and oxygen atoms in total. The summed E-state index contributed by atoms with van der Waals surface area (Å²) in [7, 11) is 0. The summed E-state index contributed by atoms with van der Waals surface area (Å²) in [4.78, 5) is 22.5. The third-order valence-corrected chi connectivity index (χ3v) is 3.25. The van der Waals surface area contributed by atoms with Gasteiger partial charge in [-0.15, -0.1) is 0 Å². The molecule has 1 aromatic rings. The summed E-state index contributed by atoms with van der Waals surface area (Å²) in [5.41, 5.74) is 7.36. The fourth-order valence-corrected chi connectivity index (χ4v) is 1.80. The van der Waals surface area contributed by atoms with Crippen LogP contribution in [0.4, 0.5) is 5.69 Å². The Morgan fingerprint density at radius 1 is 1.20 bits per heavy atom. The first-order valence-corrected chi connectivity index (χ1v) is 6.69. The third kappa shape index (κ3) is 4.66. The highest BCUT2D eigenvalue weighted by molar-refractivity contribution is 5.94. The minimum absolute atomic E-state index is 0.0600. The highest BCUT2D eigenvalue weighted by Crippen LogP contribution is 2.21. The zero-order chi connectivity index (χ0) is 15.3. The van der Waals surface area contributed by atoms with Gasteiger partial charge in [0.15, 0.2) is 0 Å². The van der Waals surface area contributed by atoms with E-state index in [1.54, 1.807) is 12.1 Å². The lowest BCUT2D eigenvalue weighted by Gasteiger charge is -2.16. The van der Waals surface area contributed by atoms with Crippen molar-refractivity contribution < 1.29 is 14.7 Å². The molecular weight excluding hydrogens is 256 g/mol. The zero-order valence-corrected chi connectivity index (χ0v) is 12.1. The maximum absolute atomic E-state index is 11.8. The van der Waals surface area contributed by atoms with Crippen LogP contribution in [0.25, 0.3) is 0 Å². The molecule has 0 aliphatic rings. The van der Waals surface area contributed by atoms with Crippen LogP contribution >= 0.6 is 0 Å². The van der Waals surface area contributed by atoms with Crippen LogP contribution in [0.5, 0.6) is 0 Å². The largest absolute Gasteiger partial charge is 0.481 e. The summed E-state index contributed by atoms with van der Waals surface area (Å²) in [6, 6.07) is 6.63. The lowest BCUT2D eigenvalue weighted by atomic mass is 9.97. The second-order valence-electron chi connectivity index (χ2n) is 5.38. The van der Waals surface area contributed by atoms with Gasteiger partial charge in [0.05, 0.1) is 12.5 Å². The highest BCUT2D eigenvalue weighted by Gasteiger charge is 2.17. The number of rotatable bonds is 6. The third-order valence-electron chi connectivity index (χ3n) is 3.25. The minimum atomic E-state index is -0.821. The van der Waals surface area contributed by atoms with Gasteiger partial charge in [0, 0.05) is 5.69 Å². The van der Waals surface area contributed by atoms with Crippen molar-refractivity contribution in [2.75, 3.05) is 5.32 Å². The standard InChI is InChI=1S/C15H22N2O3/c1-9(2)14(16)15(20)17-12-6-4-11(5-7-12)10(3)8-13(18)19/h4-7,9-10,14H,8,16H2,1-3H3,(H,17,20)(H,18,19). The van der Waals surface area contributed by atoms with E-state index in [0.717, 1.165) is 5.56 Å². The lowest BCUT2D eigenvalue weighted by molar-refractivity contribution is -0.137. The molecule has 0 aliphatic carbocycles. The van der Waals surface area contributed by atoms with Crippen LogP contribution in [-0.2, 0) is 9.59 Å². The minimum Gasteiger partial charge on any atom is -0.481 e. The number of carbonyl (C=O) groups is 2. The van der Waals surface area contributed by atoms with Gasteiger partial charge in [0.1, 0.15) is 0 Å². The van der Waals surface area contributed by atoms with Gasteiger partial charge >= 0.3 is 5.97 Å². The van der Waals surface area contributed by atoms with E-state index >= 15 is 0 Å². The number of anilines is 1. The molecule has 20 heavy (non-hydrogen) atoms. The number of carbonyl (C=O) groups excluding carboxylic acids is 1. The monoisotopic (exact) mass is 278 g/mol. The Hall–Kier alpha value is -1.88. The van der Waals surface area contributed by atoms with Crippen LogP contribution in [0, 0.1) is 5.92 Å². The molecule has 0 spiro atoms. The SMILES string of the molecule is CC(CC(=O)O)c1ccc(NC(=O)C(N)C(C)C)cc1. The number of nitrogens with two attached hydrogens (primary N) is 1. The van der Waals surface area contributed by atoms with E-state index in [1.807, 2.05) is 32.9 Å². The van der Waals surface area contributed by atoms with E-state index in [1.165, 1.54) is 0 Å². The predicted molar refractivity (Wildman–Crippen MR) is 78.6 cm³/mol. The second kappa shape index (κ2) is 7.05. The van der Waals surface area contributed by atoms with Crippen LogP contribution < -0.4 is 11.1 Å². The first kappa shape index (κ1) is 16.2. The molecule has 2 unspecified atom stereocenters. The van der Waals surface area contributed by atoms with E-state index < -0.39 is 12.0 Å². The van der Waals surface area contributed by atoms with Crippen molar-refractivity contribution in [2.45, 2.75) is 39.2 Å². The quantitative estimate of drug-likeness (QED) is 0.743. The van der Waals surface area contributed by atoms with Gasteiger partial charge in [-0.1, -0.05) is 32.9 Å². The number of carboxylic acids is 1. The number of benzene rings is 1. The number of hydrogen-bond donors (Lipinski definition) is 3. The number of nitrogens with one attached hydrogen (secondary N) is 1. The Labute approximate surface area is 119 Å². The average Bonchev–Trinajstić information content (AvgIpc) is 2.37. The summed E-state index contributed by atoms with van der Waals surface area (Å²) in [5, 5.41) is 11.5. The van der Waals surface area contributed by atoms with E-state index in [9.17, 15) is 9.59 Å². The van der Waals surface area contributed by atoms with E-state index in [4.69, 9.17) is 10.8 Å². The summed E-state index contributed by atoms with van der Waals surface area (Å²) in [6.07, 6.45) is 0.0872. The molecule has 2 atom stereocenters. The molecule has 0 aromatic heterocycles. The summed E-state index contributed by atoms with van der Waals surface area (Å²) < 4.78 is 0. The summed E-state index contributed by atoms with van der Waals surface area (Å²) >= 11 is 0. The van der Waals surface area contributed by atoms with Crippen molar-refractivity contribution >= 4 is 17.6 Å². The van der Waals surface area contributed by atoms with Crippen molar-refractivity contribution in [1.29, 1.82) is 0 Å². The number of aliphatic carboxylic acids is 1. The summed E-state index contributed by atoms with van der Waals surface area (Å²) in [5.74, 6) is -1.02. The molecule has 0 saturated heterocycles. The molecule has 0 heterocycles. The highest BCUT2D eigenvalue weighted by atomic mass is 16.4. The number of hydrogen-bond acceptors (Lipinski definition) is 3. The average molecular weight is 278 g/mol. The first-order valence-electron chi connectivity index (χ1n) is 6.69. The van der Waals surface area contributed by atoms with Crippen molar-refractivity contribution in [3.63, 3.8) is 0 Å². The van der Waals surface area contributed by atoms with Gasteiger partial charge in [-0.05, 0) is 29.5 Å². The van der Waals surface area contributed by atoms with Crippen molar-refractivity contribution in [2.24, 2.45) is 11.7 Å². The first-order chi connectivity index (χ1) is 9.31. The maximum Gasteiger partial charge on any atom is 0.303 e. The molecule has 110 valence electrons. The fourth-order valence-electron chi connectivity index (χ4n) is 1.80. The Morgan fingerprint density at radius 2 is 1.75 bits per heavy atom. The summed E-state index contributed by atoms with van der Waals surface area (Å²) in [6.45, 7) is 5.64. The van der Waals surface area contributed by atoms with E-state index in [2.05, 4.69) is 5.32 Å². The Balaban J connectivity index is 2.67. The molecule has 0 aliphatic heterocycles. The van der Waals surface area contributed by atoms with Crippen LogP contribution in [0.1, 0.15) is 38.7 Å². The molecule has 1 amide bonds. The van der Waals surface area contributed by atoms with Crippen molar-refractivity contribution in [1.82, 2.24) is 0 Å². The Morgan fingerprint density at radius 3 is 2.20 bits per heavy atom. The molecule has 1 aromatic carbocycles. The second-order valence-corrected chi connectivity index (χ2v) is 5.38. The maximum atomic E-state index is 11.8. The van der Waals surface area contributed by atoms with Crippen molar-refractivity contribution in [3.05, 3.63) is 29.8 Å². The molecule has 0 saturated carbocycles. The van der Waals surface area contributed by atoms with E-state index in [0.29, 0.717) is 5.69 Å². The topological polar surface area (TPSA) is 92.4 Å². The fraction of sp³-hybridized carbons (Fsp3) is 0.467. The molecule has 1 rings (SSSR count). The predicted octanol–water partition coefficient (Wildman–Crippen LogP) is 2.19. The van der Waals surface area contributed by atoms with Gasteiger partial charge < -0.3 is 16.2 Å². The lowest BCUT2D eigenvalue weighted by Crippen LogP contribution is -2.39. The molecule has 0 radical (unpaired) electrons. The normalized spacial score (nSPS) is 13.8. The molecule has 0 bridgehead atoms.